The van der Waals surface area contributed by atoms with E-state index in [0.29, 0.717) is 31.8 Å². The van der Waals surface area contributed by atoms with Crippen molar-refractivity contribution < 1.29 is 17.7 Å². The first-order valence-corrected chi connectivity index (χ1v) is 11.1. The van der Waals surface area contributed by atoms with Gasteiger partial charge in [-0.2, -0.15) is 0 Å². The summed E-state index contributed by atoms with van der Waals surface area (Å²) in [6, 6.07) is 12.0. The summed E-state index contributed by atoms with van der Waals surface area (Å²) in [4.78, 5) is 12.7. The largest absolute Gasteiger partial charge is 0.495 e. The van der Waals surface area contributed by atoms with Gasteiger partial charge in [0.25, 0.3) is 15.6 Å². The van der Waals surface area contributed by atoms with Gasteiger partial charge in [0.05, 0.1) is 28.2 Å². The molecule has 8 nitrogen and oxygen atoms in total. The molecule has 0 aliphatic heterocycles. The van der Waals surface area contributed by atoms with E-state index < -0.39 is 10.0 Å². The van der Waals surface area contributed by atoms with Crippen LogP contribution in [-0.4, -0.2) is 25.3 Å². The average molecular weight is 511 g/mol. The maximum atomic E-state index is 12.7. The third-order valence-corrected chi connectivity index (χ3v) is 6.86. The monoisotopic (exact) mass is 509 g/mol. The first-order valence-electron chi connectivity index (χ1n) is 8.42. The summed E-state index contributed by atoms with van der Waals surface area (Å²) in [6.45, 7) is 0. The van der Waals surface area contributed by atoms with E-state index in [9.17, 15) is 13.2 Å². The van der Waals surface area contributed by atoms with Gasteiger partial charge in [0.15, 0.2) is 5.82 Å². The topological polar surface area (TPSA) is 103 Å². The van der Waals surface area contributed by atoms with Crippen molar-refractivity contribution in [3.05, 3.63) is 74.6 Å². The molecule has 2 aromatic heterocycles. The zero-order valence-corrected chi connectivity index (χ0v) is 18.5. The molecule has 0 unspecified atom stereocenters. The fraction of sp³-hybridized carbons (Fsp3) is 0.0526. The Morgan fingerprint density at radius 3 is 2.67 bits per heavy atom. The normalized spacial score (nSPS) is 11.6. The van der Waals surface area contributed by atoms with Crippen molar-refractivity contribution in [3.63, 3.8) is 0 Å². The van der Waals surface area contributed by atoms with E-state index in [1.165, 1.54) is 42.2 Å². The zero-order valence-electron chi connectivity index (χ0n) is 15.3. The molecule has 4 aromatic rings. The van der Waals surface area contributed by atoms with Crippen LogP contribution >= 0.6 is 27.5 Å². The molecule has 4 rings (SSSR count). The molecule has 0 atom stereocenters. The minimum Gasteiger partial charge on any atom is -0.495 e. The van der Waals surface area contributed by atoms with Gasteiger partial charge in [-0.05, 0) is 46.3 Å². The Morgan fingerprint density at radius 2 is 1.97 bits per heavy atom. The molecule has 1 N–H and O–H groups in total. The highest BCUT2D eigenvalue weighted by Crippen LogP contribution is 2.34. The maximum Gasteiger partial charge on any atom is 0.263 e. The number of hydrogen-bond donors (Lipinski definition) is 1. The third kappa shape index (κ3) is 3.69. The van der Waals surface area contributed by atoms with Gasteiger partial charge in [-0.1, -0.05) is 16.8 Å². The number of sulfonamides is 1. The van der Waals surface area contributed by atoms with Gasteiger partial charge in [0.2, 0.25) is 0 Å². The number of nitrogens with zero attached hydrogens (tertiary/aromatic N) is 2. The minimum atomic E-state index is -3.90. The SMILES string of the molecule is COc1cc(Cl)c(Br)cc1-n1c(=O)ccc2cc(S(=O)(=O)Nc3ccon3)ccc21. The molecule has 154 valence electrons. The second-order valence-electron chi connectivity index (χ2n) is 6.16. The third-order valence-electron chi connectivity index (χ3n) is 4.32. The molecule has 0 amide bonds. The predicted octanol–water partition coefficient (Wildman–Crippen LogP) is 4.20. The average Bonchev–Trinajstić information content (AvgIpc) is 3.21. The van der Waals surface area contributed by atoms with Crippen molar-refractivity contribution in [1.82, 2.24) is 9.72 Å². The Labute approximate surface area is 184 Å². The smallest absolute Gasteiger partial charge is 0.263 e. The van der Waals surface area contributed by atoms with Gasteiger partial charge in [-0.25, -0.2) is 8.42 Å². The lowest BCUT2D eigenvalue weighted by molar-refractivity contribution is 0.413. The Bertz CT molecular complexity index is 1420. The molecular formula is C19H13BrClN3O5S. The fourth-order valence-corrected chi connectivity index (χ4v) is 4.47. The van der Waals surface area contributed by atoms with Crippen LogP contribution in [0.15, 0.2) is 73.5 Å². The quantitative estimate of drug-likeness (QED) is 0.431. The van der Waals surface area contributed by atoms with Gasteiger partial charge in [0.1, 0.15) is 12.0 Å². The number of rotatable bonds is 5. The summed E-state index contributed by atoms with van der Waals surface area (Å²) in [7, 11) is -2.43. The summed E-state index contributed by atoms with van der Waals surface area (Å²) in [5, 5.41) is 4.51. The van der Waals surface area contributed by atoms with Crippen LogP contribution in [0.3, 0.4) is 0 Å². The summed E-state index contributed by atoms with van der Waals surface area (Å²) >= 11 is 9.50. The Kier molecular flexibility index (Phi) is 5.31. The van der Waals surface area contributed by atoms with Crippen LogP contribution < -0.4 is 15.0 Å². The number of benzene rings is 2. The van der Waals surface area contributed by atoms with Crippen molar-refractivity contribution in [1.29, 1.82) is 0 Å². The lowest BCUT2D eigenvalue weighted by Crippen LogP contribution is -2.19. The van der Waals surface area contributed by atoms with Crippen LogP contribution in [0.4, 0.5) is 5.82 Å². The Balaban J connectivity index is 1.89. The van der Waals surface area contributed by atoms with E-state index in [1.807, 2.05) is 0 Å². The number of hydrogen-bond acceptors (Lipinski definition) is 6. The molecule has 0 radical (unpaired) electrons. The van der Waals surface area contributed by atoms with Gasteiger partial charge in [-0.3, -0.25) is 14.1 Å². The molecule has 0 spiro atoms. The van der Waals surface area contributed by atoms with Crippen molar-refractivity contribution >= 4 is 54.3 Å². The number of ether oxygens (including phenoxy) is 1. The number of aromatic nitrogens is 2. The van der Waals surface area contributed by atoms with Crippen LogP contribution in [0.25, 0.3) is 16.6 Å². The van der Waals surface area contributed by atoms with Crippen molar-refractivity contribution in [2.24, 2.45) is 0 Å². The Hall–Kier alpha value is -2.82. The van der Waals surface area contributed by atoms with E-state index in [2.05, 4.69) is 30.3 Å². The van der Waals surface area contributed by atoms with Crippen LogP contribution in [-0.2, 0) is 10.0 Å². The molecule has 0 saturated heterocycles. The van der Waals surface area contributed by atoms with E-state index in [1.54, 1.807) is 24.3 Å². The maximum absolute atomic E-state index is 12.7. The number of methoxy groups -OCH3 is 1. The highest BCUT2D eigenvalue weighted by molar-refractivity contribution is 9.10. The molecule has 0 aliphatic carbocycles. The molecule has 0 aliphatic rings. The van der Waals surface area contributed by atoms with E-state index >= 15 is 0 Å². The van der Waals surface area contributed by atoms with Gasteiger partial charge < -0.3 is 9.26 Å². The van der Waals surface area contributed by atoms with Crippen LogP contribution in [0, 0.1) is 0 Å². The van der Waals surface area contributed by atoms with E-state index in [-0.39, 0.29) is 16.3 Å². The Morgan fingerprint density at radius 1 is 1.17 bits per heavy atom. The van der Waals surface area contributed by atoms with Crippen molar-refractivity contribution in [2.45, 2.75) is 4.90 Å². The van der Waals surface area contributed by atoms with Gasteiger partial charge in [0, 0.05) is 28.1 Å². The second kappa shape index (κ2) is 7.78. The first kappa shape index (κ1) is 20.5. The number of fused-ring (bicyclic) bond motifs is 1. The highest BCUT2D eigenvalue weighted by atomic mass is 79.9. The van der Waals surface area contributed by atoms with Crippen LogP contribution in [0.5, 0.6) is 5.75 Å². The molecule has 0 fully saturated rings. The van der Waals surface area contributed by atoms with Crippen LogP contribution in [0.2, 0.25) is 5.02 Å². The lowest BCUT2D eigenvalue weighted by Gasteiger charge is -2.15. The van der Waals surface area contributed by atoms with Crippen molar-refractivity contribution in [3.8, 4) is 11.4 Å². The number of anilines is 1. The predicted molar refractivity (Wildman–Crippen MR) is 116 cm³/mol. The van der Waals surface area contributed by atoms with Gasteiger partial charge >= 0.3 is 0 Å². The number of pyridine rings is 1. The second-order valence-corrected chi connectivity index (χ2v) is 9.10. The van der Waals surface area contributed by atoms with Crippen LogP contribution in [0.1, 0.15) is 0 Å². The molecule has 11 heteroatoms. The number of nitrogens with one attached hydrogen (secondary N) is 1. The summed E-state index contributed by atoms with van der Waals surface area (Å²) in [5.41, 5.74) is 0.641. The summed E-state index contributed by atoms with van der Waals surface area (Å²) < 4.78 is 39.7. The standard InChI is InChI=1S/C19H13BrClN3O5S/c1-28-17-10-14(21)13(20)9-16(17)24-15-4-3-12(8-11(15)2-5-19(24)25)30(26,27)23-18-6-7-29-22-18/h2-10H,1H3,(H,22,23). The molecular weight excluding hydrogens is 498 g/mol. The van der Waals surface area contributed by atoms with E-state index in [4.69, 9.17) is 16.3 Å². The summed E-state index contributed by atoms with van der Waals surface area (Å²) in [5.74, 6) is 0.456. The fourth-order valence-electron chi connectivity index (χ4n) is 2.96. The zero-order chi connectivity index (χ0) is 21.5. The minimum absolute atomic E-state index is 0.00690. The first-order chi connectivity index (χ1) is 14.3. The van der Waals surface area contributed by atoms with E-state index in [0.717, 1.165) is 0 Å². The molecule has 2 heterocycles. The van der Waals surface area contributed by atoms with Crippen molar-refractivity contribution in [2.75, 3.05) is 11.8 Å². The molecule has 0 saturated carbocycles. The lowest BCUT2D eigenvalue weighted by atomic mass is 10.2. The van der Waals surface area contributed by atoms with Gasteiger partial charge in [-0.15, -0.1) is 0 Å². The highest BCUT2D eigenvalue weighted by Gasteiger charge is 2.18. The number of halogens is 2. The molecule has 30 heavy (non-hydrogen) atoms. The molecule has 2 aromatic carbocycles. The molecule has 0 bridgehead atoms. The summed E-state index contributed by atoms with van der Waals surface area (Å²) in [6.07, 6.45) is 1.26.